The van der Waals surface area contributed by atoms with Crippen LogP contribution in [0.5, 0.6) is 5.75 Å². The van der Waals surface area contributed by atoms with Gasteiger partial charge >= 0.3 is 17.9 Å². The summed E-state index contributed by atoms with van der Waals surface area (Å²) in [5.74, 6) is -1.32. The van der Waals surface area contributed by atoms with Crippen molar-refractivity contribution in [1.29, 1.82) is 0 Å². The van der Waals surface area contributed by atoms with Gasteiger partial charge in [0.05, 0.1) is 24.9 Å². The van der Waals surface area contributed by atoms with Gasteiger partial charge in [-0.2, -0.15) is 0 Å². The number of carbonyl (C=O) groups is 4. The van der Waals surface area contributed by atoms with Gasteiger partial charge in [0.2, 0.25) is 5.91 Å². The third kappa shape index (κ3) is 11.9. The Labute approximate surface area is 359 Å². The fourth-order valence-electron chi connectivity index (χ4n) is 7.13. The van der Waals surface area contributed by atoms with Crippen LogP contribution in [0.15, 0.2) is 54.9 Å². The maximum atomic E-state index is 13.0. The lowest BCUT2D eigenvalue weighted by Gasteiger charge is -2.42. The van der Waals surface area contributed by atoms with Crippen LogP contribution in [0.3, 0.4) is 0 Å². The molecule has 14 nitrogen and oxygen atoms in total. The van der Waals surface area contributed by atoms with Crippen LogP contribution in [0.25, 0.3) is 11.1 Å². The second kappa shape index (κ2) is 20.5. The fourth-order valence-corrected chi connectivity index (χ4v) is 7.65. The van der Waals surface area contributed by atoms with E-state index in [1.807, 2.05) is 42.6 Å². The zero-order valence-corrected chi connectivity index (χ0v) is 35.7. The molecule has 324 valence electrons. The number of aromatic nitrogens is 1. The average Bonchev–Trinajstić information content (AvgIpc) is 4.16. The molecule has 6 rings (SSSR count). The third-order valence-electron chi connectivity index (χ3n) is 10.6. The number of pyridine rings is 1. The van der Waals surface area contributed by atoms with E-state index in [4.69, 9.17) is 56.4 Å². The number of ether oxygens (including phenoxy) is 7. The number of carbonyl (C=O) groups excluding carboxylic acids is 4. The number of likely N-dealkylation sites (N-methyl/N-ethyl adjacent to an activating group) is 1. The number of halogens is 2. The zero-order valence-electron chi connectivity index (χ0n) is 34.2. The molecule has 3 fully saturated rings. The Hall–Kier alpha value is -4.31. The van der Waals surface area contributed by atoms with Gasteiger partial charge in [-0.05, 0) is 85.9 Å². The molecule has 1 aromatic heterocycles. The molecule has 5 atom stereocenters. The van der Waals surface area contributed by atoms with Gasteiger partial charge in [-0.15, -0.1) is 0 Å². The largest absolute Gasteiger partial charge is 0.490 e. The molecule has 0 radical (unpaired) electrons. The highest BCUT2D eigenvalue weighted by molar-refractivity contribution is 6.34. The number of hydrogen-bond donors (Lipinski definition) is 1. The van der Waals surface area contributed by atoms with E-state index in [9.17, 15) is 24.3 Å². The van der Waals surface area contributed by atoms with Gasteiger partial charge < -0.3 is 43.2 Å². The minimum absolute atomic E-state index is 0.0477. The average molecular weight is 872 g/mol. The Bertz CT molecular complexity index is 2000. The third-order valence-corrected chi connectivity index (χ3v) is 11.3. The smallest absolute Gasteiger partial charge is 0.303 e. The van der Waals surface area contributed by atoms with Crippen LogP contribution < -0.4 is 4.74 Å². The maximum absolute atomic E-state index is 13.0. The highest BCUT2D eigenvalue weighted by Crippen LogP contribution is 2.53. The summed E-state index contributed by atoms with van der Waals surface area (Å²) >= 11 is 13.5. The van der Waals surface area contributed by atoms with Crippen LogP contribution in [0.1, 0.15) is 82.4 Å². The number of esters is 3. The second-order valence-electron chi connectivity index (χ2n) is 15.4. The molecule has 2 aliphatic carbocycles. The Morgan fingerprint density at radius 1 is 0.917 bits per heavy atom. The number of rotatable bonds is 20. The van der Waals surface area contributed by atoms with Crippen LogP contribution in [0.4, 0.5) is 0 Å². The molecule has 2 heterocycles. The molecule has 1 N–H and O–H groups in total. The van der Waals surface area contributed by atoms with Crippen molar-refractivity contribution in [2.45, 2.75) is 121 Å². The number of aliphatic hydroxyl groups is 1. The number of hydrogen-bond acceptors (Lipinski definition) is 13. The monoisotopic (exact) mass is 870 g/mol. The maximum Gasteiger partial charge on any atom is 0.303 e. The first kappa shape index (κ1) is 45.2. The van der Waals surface area contributed by atoms with Gasteiger partial charge in [-0.3, -0.25) is 24.2 Å². The number of para-hydroxylation sites is 1. The van der Waals surface area contributed by atoms with Crippen molar-refractivity contribution < 1.29 is 57.4 Å². The van der Waals surface area contributed by atoms with Crippen molar-refractivity contribution in [3.8, 4) is 16.9 Å². The quantitative estimate of drug-likeness (QED) is 0.0743. The first-order chi connectivity index (χ1) is 28.7. The number of nitrogens with zero attached hydrogens (tertiary/aromatic N) is 2. The van der Waals surface area contributed by atoms with Gasteiger partial charge in [-0.25, -0.2) is 0 Å². The molecule has 2 saturated carbocycles. The molecule has 0 unspecified atom stereocenters. The summed E-state index contributed by atoms with van der Waals surface area (Å²) in [7, 11) is 1.63. The predicted molar refractivity (Wildman–Crippen MR) is 219 cm³/mol. The molecule has 0 bridgehead atoms. The second-order valence-corrected chi connectivity index (χ2v) is 16.2. The van der Waals surface area contributed by atoms with Crippen molar-refractivity contribution in [3.63, 3.8) is 0 Å². The highest BCUT2D eigenvalue weighted by Gasteiger charge is 2.50. The molecule has 16 heteroatoms. The lowest BCUT2D eigenvalue weighted by atomic mass is 9.96. The van der Waals surface area contributed by atoms with E-state index in [-0.39, 0.29) is 44.8 Å². The Balaban J connectivity index is 0.969. The first-order valence-electron chi connectivity index (χ1n) is 20.2. The molecule has 60 heavy (non-hydrogen) atoms. The molecule has 3 aliphatic rings. The molecule has 0 spiro atoms. The van der Waals surface area contributed by atoms with Crippen LogP contribution in [0.2, 0.25) is 10.0 Å². The summed E-state index contributed by atoms with van der Waals surface area (Å²) in [5.41, 5.74) is 4.27. The van der Waals surface area contributed by atoms with E-state index in [0.717, 1.165) is 73.1 Å². The van der Waals surface area contributed by atoms with Crippen LogP contribution in [-0.2, 0) is 66.2 Å². The number of aliphatic hydroxyl groups excluding tert-OH is 1. The van der Waals surface area contributed by atoms with Crippen LogP contribution in [0, 0.1) is 0 Å². The number of amides is 1. The molecule has 3 aromatic rings. The molecule has 2 aromatic carbocycles. The number of unbranched alkanes of at least 4 members (excludes halogenated alkanes) is 1. The molecular formula is C44H52Cl2N2O12. The van der Waals surface area contributed by atoms with E-state index < -0.39 is 54.2 Å². The van der Waals surface area contributed by atoms with Crippen LogP contribution >= 0.6 is 23.2 Å². The SMILES string of the molecule is CC(=O)OC[C@H]1O[C@@H](OCCN(C)C(=O)CCCCc2cc(Cl)c(COC3(c4cnccc4-c4ccccc4OC4CC4)CC3)cc2Cl)[C@H](OC(C)=O)[C@@H](O)[C@@H]1OC(C)=O. The predicted octanol–water partition coefficient (Wildman–Crippen LogP) is 6.50. The first-order valence-corrected chi connectivity index (χ1v) is 21.0. The summed E-state index contributed by atoms with van der Waals surface area (Å²) in [5, 5.41) is 12.1. The van der Waals surface area contributed by atoms with Gasteiger partial charge in [0.25, 0.3) is 0 Å². The fraction of sp³-hybridized carbons (Fsp3) is 0.523. The van der Waals surface area contributed by atoms with Crippen molar-refractivity contribution in [2.24, 2.45) is 0 Å². The Morgan fingerprint density at radius 2 is 1.62 bits per heavy atom. The van der Waals surface area contributed by atoms with Gasteiger partial charge in [0.15, 0.2) is 18.5 Å². The lowest BCUT2D eigenvalue weighted by molar-refractivity contribution is -0.306. The van der Waals surface area contributed by atoms with E-state index in [1.54, 1.807) is 13.2 Å². The molecule has 1 aliphatic heterocycles. The van der Waals surface area contributed by atoms with E-state index in [2.05, 4.69) is 11.1 Å². The van der Waals surface area contributed by atoms with E-state index in [0.29, 0.717) is 29.3 Å². The standard InChI is InChI=1S/C44H52Cl2N2O12/c1-26(49)55-25-38-41(57-27(2)50)40(53)42(58-28(3)51)43(60-38)54-20-19-48(4)39(52)12-8-5-9-29-21-36(46)30(22-35(29)45)24-56-44(16-17-44)34-23-47-18-15-32(34)33-10-6-7-11-37(33)59-31-13-14-31/h6-7,10-11,15,18,21-23,31,38,40-43,53H,5,8-9,12-14,16-17,19-20,24-25H2,1-4H3/t38-,40+,41-,42-,43-/m1/s1. The van der Waals surface area contributed by atoms with Crippen LogP contribution in [-0.4, -0.2) is 102 Å². The highest BCUT2D eigenvalue weighted by atomic mass is 35.5. The van der Waals surface area contributed by atoms with Crippen molar-refractivity contribution in [2.75, 3.05) is 26.8 Å². The molecule has 1 saturated heterocycles. The molecule has 1 amide bonds. The van der Waals surface area contributed by atoms with Gasteiger partial charge in [0, 0.05) is 74.4 Å². The number of aryl methyl sites for hydroxylation is 1. The van der Waals surface area contributed by atoms with Gasteiger partial charge in [0.1, 0.15) is 24.6 Å². The summed E-state index contributed by atoms with van der Waals surface area (Å²) in [6, 6.07) is 13.8. The molecular weight excluding hydrogens is 819 g/mol. The topological polar surface area (TPSA) is 169 Å². The minimum atomic E-state index is -1.55. The number of benzene rings is 2. The Morgan fingerprint density at radius 3 is 2.32 bits per heavy atom. The van der Waals surface area contributed by atoms with Crippen molar-refractivity contribution in [3.05, 3.63) is 81.6 Å². The van der Waals surface area contributed by atoms with E-state index >= 15 is 0 Å². The Kier molecular flexibility index (Phi) is 15.5. The summed E-state index contributed by atoms with van der Waals surface area (Å²) in [4.78, 5) is 54.0. The summed E-state index contributed by atoms with van der Waals surface area (Å²) in [6.45, 7) is 3.50. The minimum Gasteiger partial charge on any atom is -0.490 e. The summed E-state index contributed by atoms with van der Waals surface area (Å²) in [6.07, 6.45) is 3.35. The lowest BCUT2D eigenvalue weighted by Crippen LogP contribution is -2.61. The van der Waals surface area contributed by atoms with Gasteiger partial charge in [-0.1, -0.05) is 41.4 Å². The zero-order chi connectivity index (χ0) is 43.0. The van der Waals surface area contributed by atoms with E-state index in [1.165, 1.54) is 11.8 Å². The van der Waals surface area contributed by atoms with Crippen molar-refractivity contribution >= 4 is 47.0 Å². The normalized spacial score (nSPS) is 21.8. The van der Waals surface area contributed by atoms with Crippen molar-refractivity contribution in [1.82, 2.24) is 9.88 Å². The summed E-state index contributed by atoms with van der Waals surface area (Å²) < 4.78 is 40.0.